The van der Waals surface area contributed by atoms with E-state index in [0.717, 1.165) is 6.26 Å². The summed E-state index contributed by atoms with van der Waals surface area (Å²) in [5, 5.41) is 0.388. The predicted molar refractivity (Wildman–Crippen MR) is 59.9 cm³/mol. The van der Waals surface area contributed by atoms with Crippen molar-refractivity contribution in [2.75, 3.05) is 11.0 Å². The molecule has 0 spiro atoms. The van der Waals surface area contributed by atoms with Gasteiger partial charge in [-0.1, -0.05) is 11.6 Å². The van der Waals surface area contributed by atoms with Crippen LogP contribution >= 0.6 is 11.6 Å². The number of carbonyl (C=O) groups excluding carboxylic acids is 1. The average molecular weight is 248 g/mol. The number of anilines is 1. The summed E-state index contributed by atoms with van der Waals surface area (Å²) in [7, 11) is -3.39. The van der Waals surface area contributed by atoms with E-state index >= 15 is 0 Å². The van der Waals surface area contributed by atoms with Crippen molar-refractivity contribution in [3.05, 3.63) is 28.8 Å². The standard InChI is InChI=1S/C9H10ClNO3S/c1-6(12)8-5-7(10)3-4-9(8)11-15(2,13)14/h3-5,11H,1-2H3. The van der Waals surface area contributed by atoms with Gasteiger partial charge in [0.15, 0.2) is 5.78 Å². The fraction of sp³-hybridized carbons (Fsp3) is 0.222. The number of halogens is 1. The van der Waals surface area contributed by atoms with E-state index in [1.54, 1.807) is 0 Å². The van der Waals surface area contributed by atoms with Crippen molar-refractivity contribution >= 4 is 33.1 Å². The van der Waals surface area contributed by atoms with Crippen LogP contribution in [0.3, 0.4) is 0 Å². The minimum Gasteiger partial charge on any atom is -0.294 e. The first kappa shape index (κ1) is 12.0. The molecular formula is C9H10ClNO3S. The number of carbonyl (C=O) groups is 1. The van der Waals surface area contributed by atoms with E-state index in [1.807, 2.05) is 0 Å². The van der Waals surface area contributed by atoms with Crippen molar-refractivity contribution in [1.29, 1.82) is 0 Å². The van der Waals surface area contributed by atoms with Gasteiger partial charge >= 0.3 is 0 Å². The molecule has 0 unspecified atom stereocenters. The van der Waals surface area contributed by atoms with Crippen LogP contribution in [-0.4, -0.2) is 20.5 Å². The molecule has 0 aliphatic carbocycles. The number of Topliss-reactive ketones (excluding diaryl/α,β-unsaturated/α-hetero) is 1. The summed E-state index contributed by atoms with van der Waals surface area (Å²) in [4.78, 5) is 11.2. The zero-order valence-corrected chi connectivity index (χ0v) is 9.82. The van der Waals surface area contributed by atoms with Crippen LogP contribution in [0.25, 0.3) is 0 Å². The minimum atomic E-state index is -3.39. The molecule has 1 rings (SSSR count). The molecule has 1 N–H and O–H groups in total. The van der Waals surface area contributed by atoms with Gasteiger partial charge in [-0.05, 0) is 25.1 Å². The molecule has 0 saturated heterocycles. The van der Waals surface area contributed by atoms with Gasteiger partial charge in [-0.25, -0.2) is 8.42 Å². The zero-order chi connectivity index (χ0) is 11.6. The smallest absolute Gasteiger partial charge is 0.229 e. The summed E-state index contributed by atoms with van der Waals surface area (Å²) in [5.41, 5.74) is 0.502. The lowest BCUT2D eigenvalue weighted by molar-refractivity contribution is 0.101. The molecule has 0 aliphatic rings. The molecule has 0 aromatic heterocycles. The molecular weight excluding hydrogens is 238 g/mol. The van der Waals surface area contributed by atoms with Gasteiger partial charge in [0.2, 0.25) is 10.0 Å². The van der Waals surface area contributed by atoms with Crippen LogP contribution in [0, 0.1) is 0 Å². The Hall–Kier alpha value is -1.07. The lowest BCUT2D eigenvalue weighted by Gasteiger charge is -2.08. The van der Waals surface area contributed by atoms with Crippen LogP contribution in [0.4, 0.5) is 5.69 Å². The van der Waals surface area contributed by atoms with E-state index in [0.29, 0.717) is 5.02 Å². The number of sulfonamides is 1. The van der Waals surface area contributed by atoms with Crippen LogP contribution in [-0.2, 0) is 10.0 Å². The highest BCUT2D eigenvalue weighted by Crippen LogP contribution is 2.21. The number of hydrogen-bond donors (Lipinski definition) is 1. The van der Waals surface area contributed by atoms with Crippen LogP contribution in [0.1, 0.15) is 17.3 Å². The highest BCUT2D eigenvalue weighted by Gasteiger charge is 2.11. The second-order valence-corrected chi connectivity index (χ2v) is 5.31. The third kappa shape index (κ3) is 3.53. The van der Waals surface area contributed by atoms with E-state index in [-0.39, 0.29) is 17.0 Å². The molecule has 0 fully saturated rings. The summed E-state index contributed by atoms with van der Waals surface area (Å²) in [6, 6.07) is 4.40. The Morgan fingerprint density at radius 3 is 2.47 bits per heavy atom. The maximum atomic E-state index is 11.2. The summed E-state index contributed by atoms with van der Waals surface area (Å²) in [6.45, 7) is 1.35. The Morgan fingerprint density at radius 2 is 2.00 bits per heavy atom. The predicted octanol–water partition coefficient (Wildman–Crippen LogP) is 1.91. The van der Waals surface area contributed by atoms with E-state index in [1.165, 1.54) is 25.1 Å². The monoisotopic (exact) mass is 247 g/mol. The fourth-order valence-corrected chi connectivity index (χ4v) is 1.85. The third-order valence-corrected chi connectivity index (χ3v) is 2.48. The SMILES string of the molecule is CC(=O)c1cc(Cl)ccc1NS(C)(=O)=O. The molecule has 0 aliphatic heterocycles. The summed E-state index contributed by atoms with van der Waals surface area (Å²) in [5.74, 6) is -0.247. The topological polar surface area (TPSA) is 63.2 Å². The number of rotatable bonds is 3. The van der Waals surface area contributed by atoms with Crippen molar-refractivity contribution < 1.29 is 13.2 Å². The van der Waals surface area contributed by atoms with Gasteiger partial charge in [0.25, 0.3) is 0 Å². The number of nitrogens with one attached hydrogen (secondary N) is 1. The summed E-state index contributed by atoms with van der Waals surface area (Å²) >= 11 is 5.70. The number of benzene rings is 1. The van der Waals surface area contributed by atoms with Gasteiger partial charge in [-0.3, -0.25) is 9.52 Å². The van der Waals surface area contributed by atoms with E-state index in [9.17, 15) is 13.2 Å². The second kappa shape index (κ2) is 4.20. The Morgan fingerprint density at radius 1 is 1.40 bits per heavy atom. The second-order valence-electron chi connectivity index (χ2n) is 3.12. The van der Waals surface area contributed by atoms with Gasteiger partial charge < -0.3 is 0 Å². The minimum absolute atomic E-state index is 0.245. The van der Waals surface area contributed by atoms with Crippen molar-refractivity contribution in [3.63, 3.8) is 0 Å². The first-order valence-corrected chi connectivity index (χ1v) is 6.35. The highest BCUT2D eigenvalue weighted by molar-refractivity contribution is 7.92. The molecule has 6 heteroatoms. The first-order valence-electron chi connectivity index (χ1n) is 4.08. The van der Waals surface area contributed by atoms with Crippen LogP contribution < -0.4 is 4.72 Å². The quantitative estimate of drug-likeness (QED) is 0.830. The molecule has 15 heavy (non-hydrogen) atoms. The van der Waals surface area contributed by atoms with Crippen molar-refractivity contribution in [1.82, 2.24) is 0 Å². The van der Waals surface area contributed by atoms with E-state index < -0.39 is 10.0 Å². The molecule has 0 heterocycles. The van der Waals surface area contributed by atoms with Gasteiger partial charge in [0, 0.05) is 10.6 Å². The van der Waals surface area contributed by atoms with Gasteiger partial charge in [0.05, 0.1) is 11.9 Å². The van der Waals surface area contributed by atoms with Crippen molar-refractivity contribution in [2.45, 2.75) is 6.92 Å². The van der Waals surface area contributed by atoms with Gasteiger partial charge in [-0.15, -0.1) is 0 Å². The molecule has 0 saturated carbocycles. The average Bonchev–Trinajstić information content (AvgIpc) is 2.05. The van der Waals surface area contributed by atoms with Crippen LogP contribution in [0.5, 0.6) is 0 Å². The van der Waals surface area contributed by atoms with Crippen LogP contribution in [0.2, 0.25) is 5.02 Å². The molecule has 0 radical (unpaired) electrons. The summed E-state index contributed by atoms with van der Waals surface area (Å²) in [6.07, 6.45) is 1.02. The molecule has 82 valence electrons. The molecule has 1 aromatic rings. The highest BCUT2D eigenvalue weighted by atomic mass is 35.5. The normalized spacial score (nSPS) is 11.1. The van der Waals surface area contributed by atoms with E-state index in [2.05, 4.69) is 4.72 Å². The zero-order valence-electron chi connectivity index (χ0n) is 8.24. The summed E-state index contributed by atoms with van der Waals surface area (Å²) < 4.78 is 24.3. The molecule has 0 atom stereocenters. The lowest BCUT2D eigenvalue weighted by Crippen LogP contribution is -2.12. The first-order chi connectivity index (χ1) is 6.79. The number of ketones is 1. The van der Waals surface area contributed by atoms with E-state index in [4.69, 9.17) is 11.6 Å². The van der Waals surface area contributed by atoms with Crippen molar-refractivity contribution in [3.8, 4) is 0 Å². The van der Waals surface area contributed by atoms with Gasteiger partial charge in [0.1, 0.15) is 0 Å². The lowest BCUT2D eigenvalue weighted by atomic mass is 10.1. The molecule has 4 nitrogen and oxygen atoms in total. The Labute approximate surface area is 93.3 Å². The maximum Gasteiger partial charge on any atom is 0.229 e. The third-order valence-electron chi connectivity index (χ3n) is 1.66. The van der Waals surface area contributed by atoms with Gasteiger partial charge in [-0.2, -0.15) is 0 Å². The Balaban J connectivity index is 3.24. The Bertz CT molecular complexity index is 496. The Kier molecular flexibility index (Phi) is 3.36. The maximum absolute atomic E-state index is 11.2. The molecule has 0 amide bonds. The largest absolute Gasteiger partial charge is 0.294 e. The molecule has 1 aromatic carbocycles. The van der Waals surface area contributed by atoms with Crippen LogP contribution in [0.15, 0.2) is 18.2 Å². The number of hydrogen-bond acceptors (Lipinski definition) is 3. The molecule has 0 bridgehead atoms. The van der Waals surface area contributed by atoms with Crippen molar-refractivity contribution in [2.24, 2.45) is 0 Å². The fourth-order valence-electron chi connectivity index (χ4n) is 1.10.